The molecule has 1 aromatic heterocycles. The predicted octanol–water partition coefficient (Wildman–Crippen LogP) is 3.02. The van der Waals surface area contributed by atoms with Crippen molar-refractivity contribution in [3.63, 3.8) is 0 Å². The maximum absolute atomic E-state index is 11.9. The number of aromatic nitrogens is 1. The minimum Gasteiger partial charge on any atom is -0.497 e. The monoisotopic (exact) mass is 298 g/mol. The van der Waals surface area contributed by atoms with Gasteiger partial charge in [-0.15, -0.1) is 0 Å². The van der Waals surface area contributed by atoms with Gasteiger partial charge in [0.25, 0.3) is 0 Å². The van der Waals surface area contributed by atoms with E-state index in [0.717, 1.165) is 22.5 Å². The van der Waals surface area contributed by atoms with Gasteiger partial charge in [-0.25, -0.2) is 4.79 Å². The number of hydrogen-bond donors (Lipinski definition) is 1. The van der Waals surface area contributed by atoms with Crippen molar-refractivity contribution in [3.8, 4) is 5.75 Å². The van der Waals surface area contributed by atoms with Crippen molar-refractivity contribution >= 4 is 16.8 Å². The average molecular weight is 298 g/mol. The number of oxazole rings is 1. The highest BCUT2D eigenvalue weighted by molar-refractivity contribution is 5.73. The van der Waals surface area contributed by atoms with E-state index in [9.17, 15) is 4.79 Å². The third-order valence-electron chi connectivity index (χ3n) is 3.56. The average Bonchev–Trinajstić information content (AvgIpc) is 2.83. The SMILES string of the molecule is COc1cccc(NCCn2c(=O)oc3ccc(C)cc32)c1. The molecular weight excluding hydrogens is 280 g/mol. The first-order valence-corrected chi connectivity index (χ1v) is 7.15. The molecule has 1 heterocycles. The number of benzene rings is 2. The molecule has 0 unspecified atom stereocenters. The van der Waals surface area contributed by atoms with E-state index in [0.29, 0.717) is 18.7 Å². The number of hydrogen-bond acceptors (Lipinski definition) is 4. The highest BCUT2D eigenvalue weighted by Crippen LogP contribution is 2.17. The molecule has 0 saturated heterocycles. The number of fused-ring (bicyclic) bond motifs is 1. The second-order valence-corrected chi connectivity index (χ2v) is 5.15. The molecular formula is C17H18N2O3. The summed E-state index contributed by atoms with van der Waals surface area (Å²) in [5, 5.41) is 3.28. The molecule has 5 heteroatoms. The van der Waals surface area contributed by atoms with Crippen LogP contribution in [0.15, 0.2) is 51.7 Å². The Morgan fingerprint density at radius 1 is 1.23 bits per heavy atom. The second-order valence-electron chi connectivity index (χ2n) is 5.15. The number of rotatable bonds is 5. The van der Waals surface area contributed by atoms with Gasteiger partial charge in [0.2, 0.25) is 0 Å². The Balaban J connectivity index is 1.75. The molecule has 0 aliphatic carbocycles. The van der Waals surface area contributed by atoms with Gasteiger partial charge in [-0.2, -0.15) is 0 Å². The van der Waals surface area contributed by atoms with E-state index < -0.39 is 0 Å². The van der Waals surface area contributed by atoms with E-state index in [1.165, 1.54) is 0 Å². The van der Waals surface area contributed by atoms with Crippen LogP contribution in [0.1, 0.15) is 5.56 Å². The summed E-state index contributed by atoms with van der Waals surface area (Å²) in [4.78, 5) is 11.9. The van der Waals surface area contributed by atoms with E-state index in [1.54, 1.807) is 11.7 Å². The van der Waals surface area contributed by atoms with E-state index in [1.807, 2.05) is 49.4 Å². The predicted molar refractivity (Wildman–Crippen MR) is 86.7 cm³/mol. The topological polar surface area (TPSA) is 56.4 Å². The quantitative estimate of drug-likeness (QED) is 0.786. The first-order chi connectivity index (χ1) is 10.7. The standard InChI is InChI=1S/C17H18N2O3/c1-12-6-7-16-15(10-12)19(17(20)22-16)9-8-18-13-4-3-5-14(11-13)21-2/h3-7,10-11,18H,8-9H2,1-2H3. The van der Waals surface area contributed by atoms with Crippen molar-refractivity contribution < 1.29 is 9.15 Å². The van der Waals surface area contributed by atoms with Crippen LogP contribution in [-0.2, 0) is 6.54 Å². The van der Waals surface area contributed by atoms with Crippen LogP contribution in [0.2, 0.25) is 0 Å². The van der Waals surface area contributed by atoms with Crippen LogP contribution in [0.25, 0.3) is 11.1 Å². The van der Waals surface area contributed by atoms with Gasteiger partial charge >= 0.3 is 5.76 Å². The number of anilines is 1. The van der Waals surface area contributed by atoms with Crippen molar-refractivity contribution in [2.75, 3.05) is 19.0 Å². The van der Waals surface area contributed by atoms with E-state index in [2.05, 4.69) is 5.32 Å². The van der Waals surface area contributed by atoms with Crippen LogP contribution in [0, 0.1) is 6.92 Å². The van der Waals surface area contributed by atoms with Crippen LogP contribution in [0.4, 0.5) is 5.69 Å². The molecule has 0 spiro atoms. The maximum atomic E-state index is 11.9. The van der Waals surface area contributed by atoms with Crippen LogP contribution >= 0.6 is 0 Å². The summed E-state index contributed by atoms with van der Waals surface area (Å²) in [5.41, 5.74) is 3.51. The van der Waals surface area contributed by atoms with Crippen molar-refractivity contribution in [1.29, 1.82) is 0 Å². The zero-order valence-electron chi connectivity index (χ0n) is 12.6. The fourth-order valence-corrected chi connectivity index (χ4v) is 2.43. The lowest BCUT2D eigenvalue weighted by atomic mass is 10.2. The molecule has 114 valence electrons. The molecule has 0 aliphatic rings. The molecule has 0 amide bonds. The van der Waals surface area contributed by atoms with Gasteiger partial charge in [0.05, 0.1) is 12.6 Å². The summed E-state index contributed by atoms with van der Waals surface area (Å²) in [7, 11) is 1.64. The van der Waals surface area contributed by atoms with Gasteiger partial charge in [0.1, 0.15) is 5.75 Å². The van der Waals surface area contributed by atoms with E-state index in [4.69, 9.17) is 9.15 Å². The highest BCUT2D eigenvalue weighted by atomic mass is 16.5. The van der Waals surface area contributed by atoms with E-state index >= 15 is 0 Å². The summed E-state index contributed by atoms with van der Waals surface area (Å²) in [6.07, 6.45) is 0. The van der Waals surface area contributed by atoms with Crippen LogP contribution < -0.4 is 15.8 Å². The molecule has 0 atom stereocenters. The zero-order valence-corrected chi connectivity index (χ0v) is 12.6. The van der Waals surface area contributed by atoms with Gasteiger partial charge in [0.15, 0.2) is 5.58 Å². The second kappa shape index (κ2) is 5.97. The number of ether oxygens (including phenoxy) is 1. The number of aryl methyl sites for hydroxylation is 1. The normalized spacial score (nSPS) is 10.8. The Labute approximate surface area is 128 Å². The van der Waals surface area contributed by atoms with Crippen LogP contribution in [-0.4, -0.2) is 18.2 Å². The summed E-state index contributed by atoms with van der Waals surface area (Å²) < 4.78 is 12.1. The highest BCUT2D eigenvalue weighted by Gasteiger charge is 2.08. The number of nitrogens with one attached hydrogen (secondary N) is 1. The maximum Gasteiger partial charge on any atom is 0.420 e. The minimum atomic E-state index is -0.326. The lowest BCUT2D eigenvalue weighted by Crippen LogP contribution is -2.19. The first-order valence-electron chi connectivity index (χ1n) is 7.15. The van der Waals surface area contributed by atoms with Gasteiger partial charge in [-0.05, 0) is 36.8 Å². The molecule has 0 bridgehead atoms. The largest absolute Gasteiger partial charge is 0.497 e. The molecule has 5 nitrogen and oxygen atoms in total. The molecule has 2 aromatic carbocycles. The smallest absolute Gasteiger partial charge is 0.420 e. The summed E-state index contributed by atoms with van der Waals surface area (Å²) >= 11 is 0. The third kappa shape index (κ3) is 2.83. The lowest BCUT2D eigenvalue weighted by Gasteiger charge is -2.08. The van der Waals surface area contributed by atoms with Crippen LogP contribution in [0.5, 0.6) is 5.75 Å². The summed E-state index contributed by atoms with van der Waals surface area (Å²) in [6.45, 7) is 3.15. The molecule has 1 N–H and O–H groups in total. The Bertz CT molecular complexity index is 848. The van der Waals surface area contributed by atoms with Gasteiger partial charge in [0, 0.05) is 24.8 Å². The Hall–Kier alpha value is -2.69. The lowest BCUT2D eigenvalue weighted by molar-refractivity contribution is 0.415. The minimum absolute atomic E-state index is 0.326. The molecule has 0 aliphatic heterocycles. The molecule has 3 rings (SSSR count). The number of nitrogens with zero attached hydrogens (tertiary/aromatic N) is 1. The Kier molecular flexibility index (Phi) is 3.87. The van der Waals surface area contributed by atoms with Crippen molar-refractivity contribution in [2.45, 2.75) is 13.5 Å². The van der Waals surface area contributed by atoms with Crippen molar-refractivity contribution in [2.24, 2.45) is 0 Å². The van der Waals surface area contributed by atoms with E-state index in [-0.39, 0.29) is 5.76 Å². The molecule has 0 radical (unpaired) electrons. The van der Waals surface area contributed by atoms with Gasteiger partial charge < -0.3 is 14.5 Å². The molecule has 3 aromatic rings. The Morgan fingerprint density at radius 3 is 2.91 bits per heavy atom. The molecule has 0 fully saturated rings. The van der Waals surface area contributed by atoms with Crippen LogP contribution in [0.3, 0.4) is 0 Å². The van der Waals surface area contributed by atoms with Gasteiger partial charge in [-0.3, -0.25) is 4.57 Å². The molecule has 22 heavy (non-hydrogen) atoms. The van der Waals surface area contributed by atoms with Gasteiger partial charge in [-0.1, -0.05) is 12.1 Å². The zero-order chi connectivity index (χ0) is 15.5. The summed E-state index contributed by atoms with van der Waals surface area (Å²) in [5.74, 6) is 0.472. The third-order valence-corrected chi connectivity index (χ3v) is 3.56. The fraction of sp³-hybridized carbons (Fsp3) is 0.235. The Morgan fingerprint density at radius 2 is 2.09 bits per heavy atom. The summed E-state index contributed by atoms with van der Waals surface area (Å²) in [6, 6.07) is 13.4. The number of methoxy groups -OCH3 is 1. The van der Waals surface area contributed by atoms with Crippen molar-refractivity contribution in [3.05, 3.63) is 58.6 Å². The fourth-order valence-electron chi connectivity index (χ4n) is 2.43. The molecule has 0 saturated carbocycles. The van der Waals surface area contributed by atoms with Crippen molar-refractivity contribution in [1.82, 2.24) is 4.57 Å². The first kappa shape index (κ1) is 14.3.